The standard InChI is InChI=1S/C19H15N7O3S/c27-16-8-15-23-18(13-6-3-7-29-13)24-19(26(15)25-16)30-10-17(28)20-9-14-21-11-4-1-2-5-12(11)22-14/h1-8H,9-10H2,(H,20,28)(H,21,22)(H,25,27). The van der Waals surface area contributed by atoms with E-state index in [0.29, 0.717) is 28.2 Å². The van der Waals surface area contributed by atoms with E-state index in [-0.39, 0.29) is 23.8 Å². The first-order valence-electron chi connectivity index (χ1n) is 9.02. The van der Waals surface area contributed by atoms with Crippen LogP contribution in [-0.2, 0) is 11.3 Å². The van der Waals surface area contributed by atoms with Gasteiger partial charge in [0.2, 0.25) is 5.91 Å². The zero-order chi connectivity index (χ0) is 20.5. The number of fused-ring (bicyclic) bond motifs is 2. The quantitative estimate of drug-likeness (QED) is 0.357. The lowest BCUT2D eigenvalue weighted by molar-refractivity contribution is -0.118. The normalized spacial score (nSPS) is 11.3. The Bertz CT molecular complexity index is 1370. The van der Waals surface area contributed by atoms with Crippen LogP contribution in [0.25, 0.3) is 28.3 Å². The molecule has 30 heavy (non-hydrogen) atoms. The molecule has 4 heterocycles. The van der Waals surface area contributed by atoms with Gasteiger partial charge in [0.15, 0.2) is 22.4 Å². The van der Waals surface area contributed by atoms with Crippen LogP contribution in [-0.4, -0.2) is 41.2 Å². The number of carbonyl (C=O) groups is 1. The molecule has 150 valence electrons. The second-order valence-electron chi connectivity index (χ2n) is 6.39. The Kier molecular flexibility index (Phi) is 4.56. The number of carbonyl (C=O) groups excluding carboxylic acids is 1. The lowest BCUT2D eigenvalue weighted by atomic mass is 10.3. The van der Waals surface area contributed by atoms with E-state index >= 15 is 0 Å². The van der Waals surface area contributed by atoms with Crippen LogP contribution in [0.3, 0.4) is 0 Å². The van der Waals surface area contributed by atoms with Crippen molar-refractivity contribution in [1.82, 2.24) is 34.9 Å². The van der Waals surface area contributed by atoms with Crippen LogP contribution in [0.1, 0.15) is 5.82 Å². The van der Waals surface area contributed by atoms with Gasteiger partial charge >= 0.3 is 0 Å². The van der Waals surface area contributed by atoms with Gasteiger partial charge in [0.1, 0.15) is 5.82 Å². The van der Waals surface area contributed by atoms with Gasteiger partial charge in [-0.15, -0.1) is 0 Å². The van der Waals surface area contributed by atoms with E-state index in [4.69, 9.17) is 4.42 Å². The third-order valence-corrected chi connectivity index (χ3v) is 5.23. The molecule has 0 aliphatic carbocycles. The zero-order valence-electron chi connectivity index (χ0n) is 15.5. The lowest BCUT2D eigenvalue weighted by Gasteiger charge is -2.06. The topological polar surface area (TPSA) is 134 Å². The van der Waals surface area contributed by atoms with E-state index in [1.54, 1.807) is 12.1 Å². The Balaban J connectivity index is 1.30. The molecule has 4 aromatic heterocycles. The maximum Gasteiger partial charge on any atom is 0.266 e. The number of furan rings is 1. The number of rotatable bonds is 6. The fraction of sp³-hybridized carbons (Fsp3) is 0.105. The highest BCUT2D eigenvalue weighted by Crippen LogP contribution is 2.21. The molecule has 0 saturated carbocycles. The Morgan fingerprint density at radius 2 is 2.07 bits per heavy atom. The summed E-state index contributed by atoms with van der Waals surface area (Å²) >= 11 is 1.18. The van der Waals surface area contributed by atoms with Gasteiger partial charge in [0, 0.05) is 6.07 Å². The number of amides is 1. The van der Waals surface area contributed by atoms with Gasteiger partial charge in [-0.05, 0) is 24.3 Å². The van der Waals surface area contributed by atoms with Crippen molar-refractivity contribution in [2.24, 2.45) is 0 Å². The first-order chi connectivity index (χ1) is 14.7. The first kappa shape index (κ1) is 18.2. The number of nitrogens with one attached hydrogen (secondary N) is 3. The zero-order valence-corrected chi connectivity index (χ0v) is 16.3. The average molecular weight is 421 g/mol. The highest BCUT2D eigenvalue weighted by molar-refractivity contribution is 7.99. The summed E-state index contributed by atoms with van der Waals surface area (Å²) in [7, 11) is 0. The number of benzene rings is 1. The molecule has 0 spiro atoms. The van der Waals surface area contributed by atoms with Gasteiger partial charge in [0.25, 0.3) is 5.56 Å². The Morgan fingerprint density at radius 1 is 1.17 bits per heavy atom. The first-order valence-corrected chi connectivity index (χ1v) is 10.0. The van der Waals surface area contributed by atoms with Crippen molar-refractivity contribution in [2.75, 3.05) is 5.75 Å². The van der Waals surface area contributed by atoms with E-state index in [1.807, 2.05) is 24.3 Å². The third kappa shape index (κ3) is 3.57. The molecule has 10 nitrogen and oxygen atoms in total. The number of thioether (sulfide) groups is 1. The molecule has 0 bridgehead atoms. The molecule has 0 aliphatic heterocycles. The highest BCUT2D eigenvalue weighted by atomic mass is 32.2. The predicted octanol–water partition coefficient (Wildman–Crippen LogP) is 1.96. The minimum atomic E-state index is -0.308. The summed E-state index contributed by atoms with van der Waals surface area (Å²) in [6.45, 7) is 0.283. The van der Waals surface area contributed by atoms with Crippen LogP contribution in [0.2, 0.25) is 0 Å². The summed E-state index contributed by atoms with van der Waals surface area (Å²) in [5.74, 6) is 1.39. The van der Waals surface area contributed by atoms with E-state index in [1.165, 1.54) is 28.6 Å². The van der Waals surface area contributed by atoms with Gasteiger partial charge in [0.05, 0.1) is 29.6 Å². The van der Waals surface area contributed by atoms with Gasteiger partial charge in [-0.3, -0.25) is 14.7 Å². The molecular formula is C19H15N7O3S. The SMILES string of the molecule is O=C(CSc1nc(-c2ccco2)nc2cc(=O)[nH]n12)NCc1nc2ccccc2[nH]1. The molecule has 0 fully saturated rings. The fourth-order valence-corrected chi connectivity index (χ4v) is 3.73. The van der Waals surface area contributed by atoms with Crippen molar-refractivity contribution in [2.45, 2.75) is 11.7 Å². The largest absolute Gasteiger partial charge is 0.461 e. The predicted molar refractivity (Wildman–Crippen MR) is 110 cm³/mol. The molecule has 1 amide bonds. The second-order valence-corrected chi connectivity index (χ2v) is 7.33. The smallest absolute Gasteiger partial charge is 0.266 e. The van der Waals surface area contributed by atoms with Crippen LogP contribution in [0.15, 0.2) is 63.1 Å². The van der Waals surface area contributed by atoms with Crippen LogP contribution in [0, 0.1) is 0 Å². The molecule has 0 unspecified atom stereocenters. The molecule has 3 N–H and O–H groups in total. The second kappa shape index (κ2) is 7.52. The van der Waals surface area contributed by atoms with E-state index in [9.17, 15) is 9.59 Å². The number of hydrogen-bond acceptors (Lipinski definition) is 7. The maximum absolute atomic E-state index is 12.3. The lowest BCUT2D eigenvalue weighted by Crippen LogP contribution is -2.25. The monoisotopic (exact) mass is 421 g/mol. The highest BCUT2D eigenvalue weighted by Gasteiger charge is 2.14. The van der Waals surface area contributed by atoms with E-state index in [2.05, 4.69) is 30.4 Å². The fourth-order valence-electron chi connectivity index (χ4n) is 2.95. The molecule has 5 rings (SSSR count). The van der Waals surface area contributed by atoms with Crippen molar-refractivity contribution in [1.29, 1.82) is 0 Å². The van der Waals surface area contributed by atoms with Crippen molar-refractivity contribution in [3.63, 3.8) is 0 Å². The van der Waals surface area contributed by atoms with Crippen LogP contribution >= 0.6 is 11.8 Å². The molecule has 5 aromatic rings. The van der Waals surface area contributed by atoms with E-state index in [0.717, 1.165) is 11.0 Å². The van der Waals surface area contributed by atoms with Crippen molar-refractivity contribution >= 4 is 34.3 Å². The summed E-state index contributed by atoms with van der Waals surface area (Å²) < 4.78 is 6.80. The maximum atomic E-state index is 12.3. The van der Waals surface area contributed by atoms with Crippen LogP contribution in [0.4, 0.5) is 0 Å². The van der Waals surface area contributed by atoms with Gasteiger partial charge in [-0.2, -0.15) is 4.98 Å². The van der Waals surface area contributed by atoms with Gasteiger partial charge in [-0.1, -0.05) is 23.9 Å². The molecular weight excluding hydrogens is 406 g/mol. The summed E-state index contributed by atoms with van der Waals surface area (Å²) in [5.41, 5.74) is 1.85. The Morgan fingerprint density at radius 3 is 2.90 bits per heavy atom. The van der Waals surface area contributed by atoms with Crippen LogP contribution in [0.5, 0.6) is 0 Å². The average Bonchev–Trinajstić information content (AvgIpc) is 3.48. The number of H-pyrrole nitrogens is 2. The number of nitrogens with zero attached hydrogens (tertiary/aromatic N) is 4. The molecule has 0 atom stereocenters. The van der Waals surface area contributed by atoms with Gasteiger partial charge < -0.3 is 14.7 Å². The molecule has 11 heteroatoms. The molecule has 0 aliphatic rings. The molecule has 0 saturated heterocycles. The van der Waals surface area contributed by atoms with Crippen molar-refractivity contribution in [3.05, 3.63) is 64.9 Å². The summed E-state index contributed by atoms with van der Waals surface area (Å²) in [6, 6.07) is 12.5. The Hall–Kier alpha value is -3.86. The third-order valence-electron chi connectivity index (χ3n) is 4.29. The minimum Gasteiger partial charge on any atom is -0.461 e. The van der Waals surface area contributed by atoms with Crippen LogP contribution < -0.4 is 10.9 Å². The Labute approximate surface area is 172 Å². The number of hydrogen-bond donors (Lipinski definition) is 3. The minimum absolute atomic E-state index is 0.101. The number of para-hydroxylation sites is 2. The summed E-state index contributed by atoms with van der Waals surface area (Å²) in [6.07, 6.45) is 1.52. The van der Waals surface area contributed by atoms with Crippen molar-refractivity contribution in [3.8, 4) is 11.6 Å². The number of aromatic nitrogens is 6. The summed E-state index contributed by atoms with van der Waals surface area (Å²) in [5, 5.41) is 5.89. The molecule has 1 aromatic carbocycles. The molecule has 0 radical (unpaired) electrons. The van der Waals surface area contributed by atoms with Crippen molar-refractivity contribution < 1.29 is 9.21 Å². The number of aromatic amines is 2. The number of imidazole rings is 1. The van der Waals surface area contributed by atoms with E-state index < -0.39 is 0 Å². The van der Waals surface area contributed by atoms with Gasteiger partial charge in [-0.25, -0.2) is 14.5 Å². The summed E-state index contributed by atoms with van der Waals surface area (Å²) in [4.78, 5) is 40.4.